The summed E-state index contributed by atoms with van der Waals surface area (Å²) < 4.78 is 25.1. The molecule has 0 amide bonds. The van der Waals surface area contributed by atoms with Crippen molar-refractivity contribution >= 4 is 51.6 Å². The van der Waals surface area contributed by atoms with Gasteiger partial charge in [0.05, 0.1) is 5.75 Å². The van der Waals surface area contributed by atoms with Crippen LogP contribution in [0.5, 0.6) is 0 Å². The number of hydrogen-bond acceptors (Lipinski definition) is 3. The van der Waals surface area contributed by atoms with Gasteiger partial charge in [-0.25, -0.2) is 13.1 Å². The molecule has 24 heavy (non-hydrogen) atoms. The number of aliphatic imine (C=N–C) groups is 1. The minimum atomic E-state index is -3.11. The van der Waals surface area contributed by atoms with Crippen LogP contribution in [0.3, 0.4) is 0 Å². The number of halogens is 2. The maximum atomic E-state index is 11.3. The highest BCUT2D eigenvalue weighted by atomic mass is 127. The largest absolute Gasteiger partial charge is 0.356 e. The third-order valence-electron chi connectivity index (χ3n) is 3.22. The van der Waals surface area contributed by atoms with Gasteiger partial charge in [-0.05, 0) is 31.4 Å². The van der Waals surface area contributed by atoms with Gasteiger partial charge in [-0.3, -0.25) is 4.99 Å². The Balaban J connectivity index is 0.00000529. The Bertz CT molecular complexity index is 611. The van der Waals surface area contributed by atoms with Crippen LogP contribution in [0, 0.1) is 0 Å². The maximum Gasteiger partial charge on any atom is 0.211 e. The lowest BCUT2D eigenvalue weighted by molar-refractivity contribution is 0.579. The Kier molecular flexibility index (Phi) is 12.4. The third kappa shape index (κ3) is 9.65. The summed E-state index contributed by atoms with van der Waals surface area (Å²) in [6, 6.07) is 7.75. The fourth-order valence-electron chi connectivity index (χ4n) is 1.86. The van der Waals surface area contributed by atoms with Crippen molar-refractivity contribution in [2.24, 2.45) is 4.99 Å². The monoisotopic (exact) mass is 488 g/mol. The predicted octanol–water partition coefficient (Wildman–Crippen LogP) is 1.99. The van der Waals surface area contributed by atoms with E-state index in [1.165, 1.54) is 0 Å². The van der Waals surface area contributed by atoms with Crippen molar-refractivity contribution in [1.29, 1.82) is 0 Å². The quantitative estimate of drug-likeness (QED) is 0.215. The minimum Gasteiger partial charge on any atom is -0.356 e. The summed E-state index contributed by atoms with van der Waals surface area (Å²) in [5, 5.41) is 7.11. The number of rotatable bonds is 9. The molecule has 0 fully saturated rings. The molecule has 0 spiro atoms. The summed E-state index contributed by atoms with van der Waals surface area (Å²) in [5.74, 6) is 0.793. The fourth-order valence-corrected chi connectivity index (χ4v) is 2.75. The van der Waals surface area contributed by atoms with E-state index in [-0.39, 0.29) is 29.7 Å². The van der Waals surface area contributed by atoms with Crippen LogP contribution in [0.4, 0.5) is 0 Å². The molecule has 1 aromatic carbocycles. The highest BCUT2D eigenvalue weighted by molar-refractivity contribution is 14.0. The summed E-state index contributed by atoms with van der Waals surface area (Å²) >= 11 is 6.11. The average molecular weight is 489 g/mol. The lowest BCUT2D eigenvalue weighted by atomic mass is 10.1. The van der Waals surface area contributed by atoms with Crippen LogP contribution in [-0.4, -0.2) is 46.8 Å². The first-order chi connectivity index (χ1) is 11.0. The fraction of sp³-hybridized carbons (Fsp3) is 0.533. The van der Waals surface area contributed by atoms with E-state index in [2.05, 4.69) is 20.3 Å². The molecule has 138 valence electrons. The zero-order chi connectivity index (χ0) is 17.1. The predicted molar refractivity (Wildman–Crippen MR) is 112 cm³/mol. The molecule has 9 heteroatoms. The minimum absolute atomic E-state index is 0. The van der Waals surface area contributed by atoms with E-state index in [1.807, 2.05) is 24.3 Å². The van der Waals surface area contributed by atoms with Crippen molar-refractivity contribution in [2.75, 3.05) is 32.4 Å². The van der Waals surface area contributed by atoms with Crippen LogP contribution < -0.4 is 15.4 Å². The van der Waals surface area contributed by atoms with Gasteiger partial charge >= 0.3 is 0 Å². The molecule has 1 rings (SSSR count). The van der Waals surface area contributed by atoms with E-state index < -0.39 is 10.0 Å². The van der Waals surface area contributed by atoms with Crippen LogP contribution >= 0.6 is 35.6 Å². The van der Waals surface area contributed by atoms with E-state index in [1.54, 1.807) is 14.0 Å². The topological polar surface area (TPSA) is 82.6 Å². The zero-order valence-electron chi connectivity index (χ0n) is 14.0. The molecule has 0 aliphatic rings. The van der Waals surface area contributed by atoms with Crippen molar-refractivity contribution < 1.29 is 8.42 Å². The van der Waals surface area contributed by atoms with Gasteiger partial charge in [0.25, 0.3) is 0 Å². The molecule has 0 aromatic heterocycles. The van der Waals surface area contributed by atoms with Crippen molar-refractivity contribution in [3.05, 3.63) is 34.9 Å². The molecular formula is C15H26ClIN4O2S. The van der Waals surface area contributed by atoms with Gasteiger partial charge in [0.15, 0.2) is 5.96 Å². The van der Waals surface area contributed by atoms with E-state index in [0.29, 0.717) is 32.0 Å². The van der Waals surface area contributed by atoms with Gasteiger partial charge in [-0.2, -0.15) is 0 Å². The van der Waals surface area contributed by atoms with Gasteiger partial charge in [-0.15, -0.1) is 24.0 Å². The summed E-state index contributed by atoms with van der Waals surface area (Å²) in [5.41, 5.74) is 1.09. The molecule has 0 radical (unpaired) electrons. The van der Waals surface area contributed by atoms with Gasteiger partial charge in [-0.1, -0.05) is 29.8 Å². The van der Waals surface area contributed by atoms with E-state index in [9.17, 15) is 8.42 Å². The van der Waals surface area contributed by atoms with Crippen LogP contribution in [0.1, 0.15) is 18.9 Å². The summed E-state index contributed by atoms with van der Waals surface area (Å²) in [6.07, 6.45) is 1.49. The lowest BCUT2D eigenvalue weighted by Crippen LogP contribution is -2.39. The van der Waals surface area contributed by atoms with Crippen LogP contribution in [0.2, 0.25) is 5.02 Å². The summed E-state index contributed by atoms with van der Waals surface area (Å²) in [6.45, 7) is 3.38. The SMILES string of the molecule is CCS(=O)(=O)NCCCNC(=NC)NCCc1ccccc1Cl.I. The second-order valence-corrected chi connectivity index (χ2v) is 7.42. The van der Waals surface area contributed by atoms with Gasteiger partial charge in [0.1, 0.15) is 0 Å². The molecule has 3 N–H and O–H groups in total. The first-order valence-electron chi connectivity index (χ1n) is 7.63. The molecular weight excluding hydrogens is 463 g/mol. The molecule has 0 atom stereocenters. The Morgan fingerprint density at radius 3 is 2.46 bits per heavy atom. The Labute approximate surface area is 166 Å². The average Bonchev–Trinajstić information content (AvgIpc) is 2.54. The summed E-state index contributed by atoms with van der Waals surface area (Å²) in [4.78, 5) is 4.13. The van der Waals surface area contributed by atoms with Crippen molar-refractivity contribution in [3.8, 4) is 0 Å². The molecule has 0 unspecified atom stereocenters. The molecule has 1 aromatic rings. The zero-order valence-corrected chi connectivity index (χ0v) is 17.9. The first-order valence-corrected chi connectivity index (χ1v) is 9.66. The normalized spacial score (nSPS) is 11.7. The molecule has 6 nitrogen and oxygen atoms in total. The lowest BCUT2D eigenvalue weighted by Gasteiger charge is -2.12. The third-order valence-corrected chi connectivity index (χ3v) is 4.99. The standard InChI is InChI=1S/C15H25ClN4O2S.HI/c1-3-23(21,22)20-11-6-10-18-15(17-2)19-12-9-13-7-4-5-8-14(13)16;/h4-5,7-8,20H,3,6,9-12H2,1-2H3,(H2,17,18,19);1H. The van der Waals surface area contributed by atoms with E-state index >= 15 is 0 Å². The van der Waals surface area contributed by atoms with E-state index in [0.717, 1.165) is 17.0 Å². The highest BCUT2D eigenvalue weighted by Gasteiger charge is 2.04. The Morgan fingerprint density at radius 2 is 1.83 bits per heavy atom. The van der Waals surface area contributed by atoms with Crippen LogP contribution in [0.25, 0.3) is 0 Å². The number of hydrogen-bond donors (Lipinski definition) is 3. The smallest absolute Gasteiger partial charge is 0.211 e. The van der Waals surface area contributed by atoms with E-state index in [4.69, 9.17) is 11.6 Å². The molecule has 0 aliphatic carbocycles. The molecule has 0 heterocycles. The second-order valence-electron chi connectivity index (χ2n) is 4.92. The number of nitrogens with one attached hydrogen (secondary N) is 3. The molecule has 0 bridgehead atoms. The van der Waals surface area contributed by atoms with Gasteiger partial charge in [0, 0.05) is 31.7 Å². The van der Waals surface area contributed by atoms with Crippen LogP contribution in [-0.2, 0) is 16.4 Å². The number of sulfonamides is 1. The van der Waals surface area contributed by atoms with Gasteiger partial charge < -0.3 is 10.6 Å². The first kappa shape index (κ1) is 23.4. The Morgan fingerprint density at radius 1 is 1.17 bits per heavy atom. The van der Waals surface area contributed by atoms with Crippen molar-refractivity contribution in [1.82, 2.24) is 15.4 Å². The number of benzene rings is 1. The number of guanidine groups is 1. The summed E-state index contributed by atoms with van der Waals surface area (Å²) in [7, 11) is -1.41. The molecule has 0 saturated heterocycles. The van der Waals surface area contributed by atoms with Crippen molar-refractivity contribution in [3.63, 3.8) is 0 Å². The molecule has 0 aliphatic heterocycles. The number of nitrogens with zero attached hydrogens (tertiary/aromatic N) is 1. The Hall–Kier alpha value is -0.580. The highest BCUT2D eigenvalue weighted by Crippen LogP contribution is 2.14. The van der Waals surface area contributed by atoms with Gasteiger partial charge in [0.2, 0.25) is 10.0 Å². The second kappa shape index (κ2) is 12.7. The van der Waals surface area contributed by atoms with Crippen LogP contribution in [0.15, 0.2) is 29.3 Å². The maximum absolute atomic E-state index is 11.3. The van der Waals surface area contributed by atoms with Crippen molar-refractivity contribution in [2.45, 2.75) is 19.8 Å². The molecule has 0 saturated carbocycles.